The number of nitrogens with zero attached hydrogens (tertiary/aromatic N) is 5. The summed E-state index contributed by atoms with van der Waals surface area (Å²) in [5.41, 5.74) is 46.7. The first-order valence-electron chi connectivity index (χ1n) is 50.2. The summed E-state index contributed by atoms with van der Waals surface area (Å²) in [6.45, 7) is 4.78. The number of benzene rings is 22. The Hall–Kier alpha value is -17.9. The summed E-state index contributed by atoms with van der Waals surface area (Å²) in [5.74, 6) is 0. The average Bonchev–Trinajstić information content (AvgIpc) is 1.49. The molecule has 0 bridgehead atoms. The minimum absolute atomic E-state index is 0.231. The van der Waals surface area contributed by atoms with Crippen molar-refractivity contribution in [3.05, 3.63) is 594 Å². The van der Waals surface area contributed by atoms with Crippen LogP contribution in [0.15, 0.2) is 516 Å². The largest absolute Gasteiger partial charge is 0.310 e. The summed E-state index contributed by atoms with van der Waals surface area (Å²) >= 11 is 1.86. The fourth-order valence-corrected chi connectivity index (χ4v) is 27.7. The summed E-state index contributed by atoms with van der Waals surface area (Å²) in [7, 11) is 0. The van der Waals surface area contributed by atoms with Crippen LogP contribution in [-0.4, -0.2) is 4.57 Å². The van der Waals surface area contributed by atoms with Crippen molar-refractivity contribution >= 4 is 122 Å². The van der Waals surface area contributed by atoms with E-state index in [1.165, 1.54) is 170 Å². The molecule has 2 aromatic heterocycles. The fraction of sp³-hybridized carbons (Fsp3) is 0.0435. The van der Waals surface area contributed by atoms with Gasteiger partial charge in [0, 0.05) is 87.5 Å². The van der Waals surface area contributed by atoms with Crippen molar-refractivity contribution in [3.8, 4) is 72.4 Å². The molecule has 0 fully saturated rings. The maximum Gasteiger partial charge on any atom is 0.0755 e. The van der Waals surface area contributed by atoms with Crippen LogP contribution in [0.2, 0.25) is 0 Å². The van der Waals surface area contributed by atoms with Gasteiger partial charge in [-0.15, -0.1) is 11.3 Å². The first-order chi connectivity index (χ1) is 71.2. The van der Waals surface area contributed by atoms with E-state index < -0.39 is 16.2 Å². The summed E-state index contributed by atoms with van der Waals surface area (Å²) < 4.78 is 5.07. The molecule has 4 aliphatic carbocycles. The Kier molecular flexibility index (Phi) is 17.8. The Morgan fingerprint density at radius 1 is 0.188 bits per heavy atom. The third-order valence-corrected chi connectivity index (χ3v) is 33.8. The van der Waals surface area contributed by atoms with Crippen LogP contribution in [0.25, 0.3) is 114 Å². The van der Waals surface area contributed by atoms with Crippen molar-refractivity contribution in [2.24, 2.45) is 0 Å². The van der Waals surface area contributed by atoms with E-state index in [9.17, 15) is 0 Å². The summed E-state index contributed by atoms with van der Waals surface area (Å²) in [6, 6.07) is 196. The molecule has 30 rings (SSSR count). The lowest BCUT2D eigenvalue weighted by atomic mass is 9.64. The molecule has 2 aliphatic heterocycles. The van der Waals surface area contributed by atoms with Crippen LogP contribution in [0.1, 0.15) is 91.7 Å². The van der Waals surface area contributed by atoms with Gasteiger partial charge in [-0.05, 0) is 315 Å². The van der Waals surface area contributed by atoms with E-state index in [1.54, 1.807) is 0 Å². The van der Waals surface area contributed by atoms with Crippen molar-refractivity contribution in [2.45, 2.75) is 35.5 Å². The second-order valence-corrected chi connectivity index (χ2v) is 41.0. The standard InChI is InChI=1S/C138H91N5S/c1-135(2)115-44-18-12-38-103(115)107-76-72-99(84-123(107)135)140(102-75-79-110-106-41-15-21-47-118(106)138(126(110)87-102)121-50-24-29-55-131(121)143(95-36-10-5-11-37-95)132-56-30-25-51-122(132)138)97-68-70-98(71-69-97)141-127-52-26-16-42-111(127)113-82-90(62-80-128(113)141)88-58-64-93(65-59-88)136(92-32-6-3-7-33-92)116-45-19-13-39-104(116)108-77-73-100(85-124(108)136)139(96-66-60-89(61-67-96)91-63-81-134-114(83-91)112-43-17-31-57-133(112)144-134)101-74-78-109-105-40-14-20-46-117(105)137(125(109)86-101)119-48-22-27-53-129(119)142(94-34-8-4-9-35-94)130-54-28-23-49-120(130)137/h3-87H,1-2H3. The molecule has 1 unspecified atom stereocenters. The van der Waals surface area contributed by atoms with Gasteiger partial charge in [0.25, 0.3) is 0 Å². The molecular formula is C138H91N5S. The lowest BCUT2D eigenvalue weighted by molar-refractivity contribution is 0.660. The van der Waals surface area contributed by atoms with Crippen LogP contribution in [0.5, 0.6) is 0 Å². The minimum atomic E-state index is -0.753. The van der Waals surface area contributed by atoms with Crippen LogP contribution in [0, 0.1) is 0 Å². The van der Waals surface area contributed by atoms with Gasteiger partial charge in [-0.2, -0.15) is 0 Å². The van der Waals surface area contributed by atoms with Crippen molar-refractivity contribution in [3.63, 3.8) is 0 Å². The van der Waals surface area contributed by atoms with Crippen LogP contribution >= 0.6 is 11.3 Å². The van der Waals surface area contributed by atoms with Crippen molar-refractivity contribution in [1.82, 2.24) is 4.57 Å². The predicted octanol–water partition coefficient (Wildman–Crippen LogP) is 36.4. The maximum atomic E-state index is 2.55. The summed E-state index contributed by atoms with van der Waals surface area (Å²) in [5, 5.41) is 4.97. The molecule has 144 heavy (non-hydrogen) atoms. The Balaban J connectivity index is 0.546. The fourth-order valence-electron chi connectivity index (χ4n) is 26.6. The second-order valence-electron chi connectivity index (χ2n) is 40.0. The highest BCUT2D eigenvalue weighted by atomic mass is 32.1. The molecule has 2 spiro atoms. The zero-order valence-electron chi connectivity index (χ0n) is 79.2. The van der Waals surface area contributed by atoms with E-state index in [0.29, 0.717) is 0 Å². The number of hydrogen-bond donors (Lipinski definition) is 0. The molecule has 0 saturated carbocycles. The average molecular weight is 1850 g/mol. The smallest absolute Gasteiger partial charge is 0.0755 e. The van der Waals surface area contributed by atoms with Crippen molar-refractivity contribution < 1.29 is 0 Å². The van der Waals surface area contributed by atoms with Crippen LogP contribution in [0.3, 0.4) is 0 Å². The van der Waals surface area contributed by atoms with E-state index in [-0.39, 0.29) is 5.41 Å². The van der Waals surface area contributed by atoms with Crippen molar-refractivity contribution in [2.75, 3.05) is 19.6 Å². The minimum Gasteiger partial charge on any atom is -0.310 e. The van der Waals surface area contributed by atoms with E-state index in [4.69, 9.17) is 0 Å². The topological polar surface area (TPSA) is 17.9 Å². The zero-order chi connectivity index (χ0) is 94.8. The van der Waals surface area contributed by atoms with Gasteiger partial charge in [-0.25, -0.2) is 0 Å². The first kappa shape index (κ1) is 82.0. The number of anilines is 12. The lowest BCUT2D eigenvalue weighted by Crippen LogP contribution is -2.36. The number of para-hydroxylation sites is 7. The molecule has 0 amide bonds. The molecule has 6 heteroatoms. The normalized spacial score (nSPS) is 14.9. The number of hydrogen-bond acceptors (Lipinski definition) is 5. The number of fused-ring (bicyclic) bond motifs is 30. The quantitative estimate of drug-likeness (QED) is 0.114. The molecular weight excluding hydrogens is 1760 g/mol. The summed E-state index contributed by atoms with van der Waals surface area (Å²) in [4.78, 5) is 10.0. The third-order valence-electron chi connectivity index (χ3n) is 32.6. The van der Waals surface area contributed by atoms with E-state index in [1.807, 2.05) is 11.3 Å². The van der Waals surface area contributed by atoms with Crippen LogP contribution < -0.4 is 19.6 Å². The van der Waals surface area contributed by atoms with Crippen molar-refractivity contribution in [1.29, 1.82) is 0 Å². The number of aromatic nitrogens is 1. The first-order valence-corrected chi connectivity index (χ1v) is 51.0. The van der Waals surface area contributed by atoms with E-state index in [0.717, 1.165) is 90.3 Å². The van der Waals surface area contributed by atoms with E-state index >= 15 is 0 Å². The highest BCUT2D eigenvalue weighted by molar-refractivity contribution is 7.25. The molecule has 6 aliphatic rings. The summed E-state index contributed by atoms with van der Waals surface area (Å²) in [6.07, 6.45) is 0. The molecule has 674 valence electrons. The molecule has 5 nitrogen and oxygen atoms in total. The zero-order valence-corrected chi connectivity index (χ0v) is 80.0. The second kappa shape index (κ2) is 31.3. The molecule has 1 atom stereocenters. The molecule has 0 saturated heterocycles. The van der Waals surface area contributed by atoms with E-state index in [2.05, 4.69) is 554 Å². The molecule has 0 N–H and O–H groups in total. The van der Waals surface area contributed by atoms with Gasteiger partial charge in [-0.3, -0.25) is 0 Å². The van der Waals surface area contributed by atoms with Gasteiger partial charge in [0.1, 0.15) is 0 Å². The predicted molar refractivity (Wildman–Crippen MR) is 600 cm³/mol. The highest BCUT2D eigenvalue weighted by Crippen LogP contribution is 2.68. The Labute approximate surface area is 840 Å². The molecule has 4 heterocycles. The monoisotopic (exact) mass is 1850 g/mol. The Morgan fingerprint density at radius 3 is 1.00 bits per heavy atom. The van der Waals surface area contributed by atoms with Gasteiger partial charge < -0.3 is 24.2 Å². The van der Waals surface area contributed by atoms with Gasteiger partial charge in [0.15, 0.2) is 0 Å². The highest BCUT2D eigenvalue weighted by Gasteiger charge is 2.55. The Morgan fingerprint density at radius 2 is 0.507 bits per heavy atom. The molecule has 24 aromatic rings. The van der Waals surface area contributed by atoms with Gasteiger partial charge in [0.05, 0.1) is 50.0 Å². The SMILES string of the molecule is CC1(C)c2ccccc2-c2ccc(N(c3ccc(-n4c5ccccc5c5cc(-c6ccc(C7(c8ccccc8)c8ccccc8-c8ccc(N(c9ccc(-c%10ccc%11sc%12ccccc%12c%11c%10)cc9)c9ccc%10c(c9)C9(c%11ccccc%11-%10)c%10ccccc%10N(c%10ccccc%10)c%10ccccc%109)cc87)cc6)ccc54)cc3)c3ccc4c(c3)C3(c5ccccc5-4)c4ccccc4N(c4ccccc4)c4ccccc43)cc21. The number of thiophene rings is 1. The molecule has 22 aromatic carbocycles. The van der Waals surface area contributed by atoms with Gasteiger partial charge in [-0.1, -0.05) is 360 Å². The maximum absolute atomic E-state index is 2.55. The van der Waals surface area contributed by atoms with Gasteiger partial charge in [0.2, 0.25) is 0 Å². The van der Waals surface area contributed by atoms with Gasteiger partial charge >= 0.3 is 0 Å². The Bertz CT molecular complexity index is 9360. The lowest BCUT2D eigenvalue weighted by Gasteiger charge is -2.45. The van der Waals surface area contributed by atoms with Crippen LogP contribution in [0.4, 0.5) is 68.2 Å². The molecule has 0 radical (unpaired) electrons. The third kappa shape index (κ3) is 11.5. The number of rotatable bonds is 13. The van der Waals surface area contributed by atoms with Crippen LogP contribution in [-0.2, 0) is 21.7 Å².